The summed E-state index contributed by atoms with van der Waals surface area (Å²) >= 11 is 0. The minimum absolute atomic E-state index is 0.0924. The number of anilines is 1. The number of amides is 2. The minimum atomic E-state index is -0.837. The first-order chi connectivity index (χ1) is 11.5. The zero-order chi connectivity index (χ0) is 17.3. The van der Waals surface area contributed by atoms with Crippen molar-refractivity contribution in [3.8, 4) is 0 Å². The molecule has 3 rings (SSSR count). The maximum absolute atomic E-state index is 14.0. The Morgan fingerprint density at radius 2 is 1.92 bits per heavy atom. The Kier molecular flexibility index (Phi) is 4.16. The molecule has 7 heteroatoms. The van der Waals surface area contributed by atoms with Gasteiger partial charge in [0.1, 0.15) is 17.7 Å². The summed E-state index contributed by atoms with van der Waals surface area (Å²) < 4.78 is 33.0. The first-order valence-electron chi connectivity index (χ1n) is 7.30. The van der Waals surface area contributed by atoms with Gasteiger partial charge in [0.15, 0.2) is 0 Å². The van der Waals surface area contributed by atoms with Gasteiger partial charge in [0.2, 0.25) is 0 Å². The van der Waals surface area contributed by atoms with Crippen molar-refractivity contribution in [2.75, 3.05) is 5.32 Å². The lowest BCUT2D eigenvalue weighted by molar-refractivity contribution is 0.0294. The second kappa shape index (κ2) is 6.27. The molecule has 0 unspecified atom stereocenters. The van der Waals surface area contributed by atoms with Gasteiger partial charge < -0.3 is 15.8 Å². The predicted octanol–water partition coefficient (Wildman–Crippen LogP) is 3.30. The van der Waals surface area contributed by atoms with Crippen molar-refractivity contribution in [2.24, 2.45) is 5.73 Å². The van der Waals surface area contributed by atoms with Crippen molar-refractivity contribution < 1.29 is 23.1 Å². The Hall–Kier alpha value is -2.96. The van der Waals surface area contributed by atoms with Crippen molar-refractivity contribution >= 4 is 17.7 Å². The molecule has 0 heterocycles. The van der Waals surface area contributed by atoms with Crippen LogP contribution in [0, 0.1) is 11.6 Å². The van der Waals surface area contributed by atoms with Crippen LogP contribution in [0.1, 0.15) is 34.0 Å². The molecular formula is C17H14F2N2O3. The van der Waals surface area contributed by atoms with Crippen LogP contribution in [0.4, 0.5) is 19.3 Å². The summed E-state index contributed by atoms with van der Waals surface area (Å²) in [7, 11) is 0. The Morgan fingerprint density at radius 3 is 2.67 bits per heavy atom. The number of urea groups is 1. The van der Waals surface area contributed by atoms with Crippen LogP contribution in [0.2, 0.25) is 0 Å². The van der Waals surface area contributed by atoms with Crippen molar-refractivity contribution in [3.05, 3.63) is 64.7 Å². The van der Waals surface area contributed by atoms with E-state index >= 15 is 0 Å². The monoisotopic (exact) mass is 332 g/mol. The van der Waals surface area contributed by atoms with Crippen LogP contribution >= 0.6 is 0 Å². The largest absolute Gasteiger partial charge is 0.454 e. The van der Waals surface area contributed by atoms with Crippen LogP contribution in [0.25, 0.3) is 0 Å². The lowest BCUT2D eigenvalue weighted by atomic mass is 10.1. The SMILES string of the molecule is NC(=O)Nc1cccc(C(=O)O[C@H]2CCc3c(F)ccc(F)c32)c1. The third-order valence-corrected chi connectivity index (χ3v) is 3.84. The van der Waals surface area contributed by atoms with Gasteiger partial charge in [-0.25, -0.2) is 18.4 Å². The van der Waals surface area contributed by atoms with Gasteiger partial charge in [-0.1, -0.05) is 6.07 Å². The fourth-order valence-electron chi connectivity index (χ4n) is 2.81. The van der Waals surface area contributed by atoms with E-state index in [2.05, 4.69) is 5.32 Å². The number of hydrogen-bond acceptors (Lipinski definition) is 3. The molecule has 0 aromatic heterocycles. The lowest BCUT2D eigenvalue weighted by Crippen LogP contribution is -2.19. The van der Waals surface area contributed by atoms with E-state index in [1.165, 1.54) is 12.1 Å². The van der Waals surface area contributed by atoms with E-state index in [9.17, 15) is 18.4 Å². The molecule has 0 fully saturated rings. The summed E-state index contributed by atoms with van der Waals surface area (Å²) in [6, 6.07) is 7.32. The van der Waals surface area contributed by atoms with E-state index in [0.717, 1.165) is 12.1 Å². The number of nitrogens with one attached hydrogen (secondary N) is 1. The van der Waals surface area contributed by atoms with Gasteiger partial charge in [-0.05, 0) is 48.7 Å². The number of nitrogens with two attached hydrogens (primary N) is 1. The Bertz CT molecular complexity index is 823. The Balaban J connectivity index is 1.80. The van der Waals surface area contributed by atoms with E-state index in [1.807, 2.05) is 0 Å². The summed E-state index contributed by atoms with van der Waals surface area (Å²) in [4.78, 5) is 23.1. The molecule has 0 aliphatic heterocycles. The molecule has 2 aromatic rings. The Morgan fingerprint density at radius 1 is 1.17 bits per heavy atom. The van der Waals surface area contributed by atoms with Crippen molar-refractivity contribution in [1.82, 2.24) is 0 Å². The molecule has 2 aromatic carbocycles. The highest BCUT2D eigenvalue weighted by atomic mass is 19.1. The van der Waals surface area contributed by atoms with Gasteiger partial charge in [0.25, 0.3) is 0 Å². The number of esters is 1. The minimum Gasteiger partial charge on any atom is -0.454 e. The van der Waals surface area contributed by atoms with Crippen LogP contribution in [0.5, 0.6) is 0 Å². The number of primary amides is 1. The summed E-state index contributed by atoms with van der Waals surface area (Å²) in [5.74, 6) is -1.78. The van der Waals surface area contributed by atoms with Crippen LogP contribution in [-0.2, 0) is 11.2 Å². The summed E-state index contributed by atoms with van der Waals surface area (Å²) in [6.45, 7) is 0. The number of fused-ring (bicyclic) bond motifs is 1. The summed E-state index contributed by atoms with van der Waals surface area (Å²) in [5, 5.41) is 2.35. The van der Waals surface area contributed by atoms with Crippen LogP contribution in [-0.4, -0.2) is 12.0 Å². The molecule has 5 nitrogen and oxygen atoms in total. The molecule has 0 radical (unpaired) electrons. The molecule has 2 amide bonds. The van der Waals surface area contributed by atoms with Gasteiger partial charge >= 0.3 is 12.0 Å². The zero-order valence-electron chi connectivity index (χ0n) is 12.5. The third-order valence-electron chi connectivity index (χ3n) is 3.84. The molecule has 24 heavy (non-hydrogen) atoms. The highest BCUT2D eigenvalue weighted by Crippen LogP contribution is 2.37. The summed E-state index contributed by atoms with van der Waals surface area (Å²) in [6.07, 6.45) is -0.214. The van der Waals surface area contributed by atoms with Gasteiger partial charge in [-0.2, -0.15) is 0 Å². The number of benzene rings is 2. The van der Waals surface area contributed by atoms with Gasteiger partial charge in [0.05, 0.1) is 5.56 Å². The van der Waals surface area contributed by atoms with E-state index in [-0.39, 0.29) is 16.7 Å². The molecule has 3 N–H and O–H groups in total. The molecule has 124 valence electrons. The van der Waals surface area contributed by atoms with E-state index < -0.39 is 29.7 Å². The highest BCUT2D eigenvalue weighted by molar-refractivity contribution is 5.93. The average molecular weight is 332 g/mol. The van der Waals surface area contributed by atoms with Crippen molar-refractivity contribution in [3.63, 3.8) is 0 Å². The fraction of sp³-hybridized carbons (Fsp3) is 0.176. The summed E-state index contributed by atoms with van der Waals surface area (Å²) in [5.41, 5.74) is 5.87. The van der Waals surface area contributed by atoms with Gasteiger partial charge in [-0.3, -0.25) is 0 Å². The third kappa shape index (κ3) is 3.05. The van der Waals surface area contributed by atoms with E-state index in [0.29, 0.717) is 18.5 Å². The molecule has 1 atom stereocenters. The van der Waals surface area contributed by atoms with E-state index in [1.54, 1.807) is 12.1 Å². The quantitative estimate of drug-likeness (QED) is 0.846. The van der Waals surface area contributed by atoms with Gasteiger partial charge in [0, 0.05) is 11.3 Å². The van der Waals surface area contributed by atoms with Crippen LogP contribution in [0.3, 0.4) is 0 Å². The van der Waals surface area contributed by atoms with Gasteiger partial charge in [-0.15, -0.1) is 0 Å². The molecule has 1 aliphatic carbocycles. The number of halogens is 2. The first-order valence-corrected chi connectivity index (χ1v) is 7.30. The first kappa shape index (κ1) is 15.9. The number of carbonyl (C=O) groups is 2. The maximum atomic E-state index is 14.0. The van der Waals surface area contributed by atoms with Crippen molar-refractivity contribution in [1.29, 1.82) is 0 Å². The van der Waals surface area contributed by atoms with E-state index in [4.69, 9.17) is 10.5 Å². The van der Waals surface area contributed by atoms with Crippen molar-refractivity contribution in [2.45, 2.75) is 18.9 Å². The molecule has 0 spiro atoms. The lowest BCUT2D eigenvalue weighted by Gasteiger charge is -2.14. The number of carbonyl (C=O) groups excluding carboxylic acids is 2. The number of hydrogen-bond donors (Lipinski definition) is 2. The standard InChI is InChI=1S/C17H14F2N2O3/c18-12-5-6-13(19)15-11(12)4-7-14(15)24-16(22)9-2-1-3-10(8-9)21-17(20)23/h1-3,5-6,8,14H,4,7H2,(H3,20,21,23)/t14-/m0/s1. The normalized spacial score (nSPS) is 15.7. The van der Waals surface area contributed by atoms with Crippen LogP contribution < -0.4 is 11.1 Å². The number of rotatable bonds is 3. The molecule has 0 saturated heterocycles. The smallest absolute Gasteiger partial charge is 0.338 e. The molecule has 0 saturated carbocycles. The maximum Gasteiger partial charge on any atom is 0.338 e. The number of ether oxygens (including phenoxy) is 1. The molecule has 1 aliphatic rings. The highest BCUT2D eigenvalue weighted by Gasteiger charge is 2.31. The molecular weight excluding hydrogens is 318 g/mol. The predicted molar refractivity (Wildman–Crippen MR) is 82.5 cm³/mol. The average Bonchev–Trinajstić information content (AvgIpc) is 2.95. The van der Waals surface area contributed by atoms with Crippen LogP contribution in [0.15, 0.2) is 36.4 Å². The Labute approximate surface area is 136 Å². The second-order valence-electron chi connectivity index (χ2n) is 5.42. The topological polar surface area (TPSA) is 81.4 Å². The second-order valence-corrected chi connectivity index (χ2v) is 5.42. The zero-order valence-corrected chi connectivity index (χ0v) is 12.5. The fourth-order valence-corrected chi connectivity index (χ4v) is 2.81. The molecule has 0 bridgehead atoms.